The van der Waals surface area contributed by atoms with E-state index in [1.165, 1.54) is 0 Å². The van der Waals surface area contributed by atoms with E-state index in [9.17, 15) is 9.59 Å². The van der Waals surface area contributed by atoms with E-state index in [0.29, 0.717) is 54.4 Å². The number of carbonyl (C=O) groups excluding carboxylic acids is 2. The molecule has 12 nitrogen and oxygen atoms in total. The average molecular weight is 581 g/mol. The van der Waals surface area contributed by atoms with Gasteiger partial charge in [-0.2, -0.15) is 0 Å². The Balaban J connectivity index is 1.30. The molecule has 0 saturated carbocycles. The molecule has 5 rings (SSSR count). The summed E-state index contributed by atoms with van der Waals surface area (Å²) in [6.45, 7) is 8.36. The standard InChI is InChI=1S/C30H44N8O4/c1-4-22-28(33-21-9-15-42-16-10-21)35-29(26(34-22)27(31)39)36-30(40)20-5-6-24(25(17-20)41-3)38-12-7-19(8-13-38)23-18-37(2)14-11-32-23/h5-6,17,19,21,23,32H,4,7-16,18H2,1-3H3,(H2,31,39)(H2,33,35,36,40). The van der Waals surface area contributed by atoms with Gasteiger partial charge in [-0.15, -0.1) is 0 Å². The summed E-state index contributed by atoms with van der Waals surface area (Å²) in [6.07, 6.45) is 4.43. The second kappa shape index (κ2) is 13.7. The maximum atomic E-state index is 13.4. The number of likely N-dealkylation sites (N-methyl/N-ethyl adjacent to an activating group) is 1. The third-order valence-electron chi connectivity index (χ3n) is 8.63. The summed E-state index contributed by atoms with van der Waals surface area (Å²) in [5.74, 6) is 0.662. The number of hydrogen-bond acceptors (Lipinski definition) is 10. The molecular weight excluding hydrogens is 536 g/mol. The molecule has 2 aromatic rings. The normalized spacial score (nSPS) is 20.7. The van der Waals surface area contributed by atoms with Crippen LogP contribution in [0.15, 0.2) is 18.2 Å². The number of anilines is 3. The molecule has 0 spiro atoms. The first-order valence-corrected chi connectivity index (χ1v) is 15.1. The maximum Gasteiger partial charge on any atom is 0.271 e. The van der Waals surface area contributed by atoms with E-state index in [1.54, 1.807) is 19.2 Å². The van der Waals surface area contributed by atoms with Gasteiger partial charge in [-0.3, -0.25) is 9.59 Å². The molecule has 42 heavy (non-hydrogen) atoms. The third-order valence-corrected chi connectivity index (χ3v) is 8.63. The molecule has 4 heterocycles. The fourth-order valence-corrected chi connectivity index (χ4v) is 6.18. The van der Waals surface area contributed by atoms with Crippen LogP contribution in [0.5, 0.6) is 5.75 Å². The predicted molar refractivity (Wildman–Crippen MR) is 163 cm³/mol. The van der Waals surface area contributed by atoms with Gasteiger partial charge in [0, 0.05) is 63.6 Å². The molecule has 3 aliphatic heterocycles. The third kappa shape index (κ3) is 6.93. The molecule has 1 aromatic heterocycles. The van der Waals surface area contributed by atoms with Crippen LogP contribution in [-0.2, 0) is 11.2 Å². The van der Waals surface area contributed by atoms with E-state index in [4.69, 9.17) is 15.2 Å². The lowest BCUT2D eigenvalue weighted by atomic mass is 9.88. The van der Waals surface area contributed by atoms with Crippen molar-refractivity contribution in [2.75, 3.05) is 75.6 Å². The van der Waals surface area contributed by atoms with Crippen LogP contribution in [0.25, 0.3) is 0 Å². The van der Waals surface area contributed by atoms with Gasteiger partial charge in [0.1, 0.15) is 5.75 Å². The van der Waals surface area contributed by atoms with Crippen molar-refractivity contribution in [1.29, 1.82) is 0 Å². The molecule has 3 fully saturated rings. The summed E-state index contributed by atoms with van der Waals surface area (Å²) in [7, 11) is 3.81. The molecular formula is C30H44N8O4. The number of amides is 2. The van der Waals surface area contributed by atoms with Crippen molar-refractivity contribution in [1.82, 2.24) is 20.2 Å². The van der Waals surface area contributed by atoms with Crippen LogP contribution in [0.3, 0.4) is 0 Å². The van der Waals surface area contributed by atoms with E-state index < -0.39 is 11.8 Å². The zero-order valence-electron chi connectivity index (χ0n) is 24.9. The van der Waals surface area contributed by atoms with Crippen molar-refractivity contribution in [3.8, 4) is 5.75 Å². The number of aromatic nitrogens is 2. The lowest BCUT2D eigenvalue weighted by Crippen LogP contribution is -2.54. The van der Waals surface area contributed by atoms with Crippen molar-refractivity contribution >= 4 is 29.1 Å². The summed E-state index contributed by atoms with van der Waals surface area (Å²) in [5.41, 5.74) is 7.54. The smallest absolute Gasteiger partial charge is 0.271 e. The van der Waals surface area contributed by atoms with E-state index in [-0.39, 0.29) is 17.6 Å². The Morgan fingerprint density at radius 1 is 1.12 bits per heavy atom. The number of hydrogen-bond donors (Lipinski definition) is 4. The number of piperazine rings is 1. The molecule has 1 aromatic carbocycles. The first-order chi connectivity index (χ1) is 20.4. The zero-order chi connectivity index (χ0) is 29.6. The predicted octanol–water partition coefficient (Wildman–Crippen LogP) is 2.11. The number of ether oxygens (including phenoxy) is 2. The molecule has 2 amide bonds. The Kier molecular flexibility index (Phi) is 9.76. The highest BCUT2D eigenvalue weighted by molar-refractivity contribution is 6.07. The first-order valence-electron chi connectivity index (χ1n) is 15.1. The summed E-state index contributed by atoms with van der Waals surface area (Å²) < 4.78 is 11.2. The molecule has 228 valence electrons. The molecule has 0 aliphatic carbocycles. The highest BCUT2D eigenvalue weighted by atomic mass is 16.5. The highest BCUT2D eigenvalue weighted by Crippen LogP contribution is 2.34. The van der Waals surface area contributed by atoms with Crippen LogP contribution < -0.4 is 31.3 Å². The number of nitrogens with two attached hydrogens (primary N) is 1. The van der Waals surface area contributed by atoms with Crippen LogP contribution in [0.1, 0.15) is 59.1 Å². The van der Waals surface area contributed by atoms with Crippen LogP contribution in [0, 0.1) is 5.92 Å². The first kappa shape index (κ1) is 30.0. The Bertz CT molecular complexity index is 1260. The maximum absolute atomic E-state index is 13.4. The monoisotopic (exact) mass is 580 g/mol. The molecule has 0 bridgehead atoms. The summed E-state index contributed by atoms with van der Waals surface area (Å²) >= 11 is 0. The van der Waals surface area contributed by atoms with E-state index in [0.717, 1.165) is 64.1 Å². The number of piperidine rings is 1. The topological polar surface area (TPSA) is 147 Å². The van der Waals surface area contributed by atoms with Gasteiger partial charge >= 0.3 is 0 Å². The Labute approximate surface area is 247 Å². The van der Waals surface area contributed by atoms with Gasteiger partial charge in [0.15, 0.2) is 17.3 Å². The lowest BCUT2D eigenvalue weighted by Gasteiger charge is -2.41. The second-order valence-corrected chi connectivity index (χ2v) is 11.5. The average Bonchev–Trinajstić information content (AvgIpc) is 3.01. The van der Waals surface area contributed by atoms with Gasteiger partial charge < -0.3 is 41.0 Å². The van der Waals surface area contributed by atoms with Gasteiger partial charge in [-0.25, -0.2) is 9.97 Å². The Hall–Kier alpha value is -3.48. The fourth-order valence-electron chi connectivity index (χ4n) is 6.18. The van der Waals surface area contributed by atoms with Crippen molar-refractivity contribution < 1.29 is 19.1 Å². The summed E-state index contributed by atoms with van der Waals surface area (Å²) in [5, 5.41) is 9.89. The minimum Gasteiger partial charge on any atom is -0.495 e. The van der Waals surface area contributed by atoms with Gasteiger partial charge in [0.05, 0.1) is 18.5 Å². The van der Waals surface area contributed by atoms with Crippen molar-refractivity contribution in [3.05, 3.63) is 35.2 Å². The summed E-state index contributed by atoms with van der Waals surface area (Å²) in [6, 6.07) is 6.14. The fraction of sp³-hybridized carbons (Fsp3) is 0.600. The molecule has 12 heteroatoms. The van der Waals surface area contributed by atoms with Crippen LogP contribution in [-0.4, -0.2) is 98.9 Å². The number of aryl methyl sites for hydroxylation is 1. The van der Waals surface area contributed by atoms with E-state index in [2.05, 4.69) is 42.8 Å². The van der Waals surface area contributed by atoms with E-state index >= 15 is 0 Å². The van der Waals surface area contributed by atoms with Crippen molar-refractivity contribution in [2.24, 2.45) is 11.7 Å². The minimum absolute atomic E-state index is 0.0337. The minimum atomic E-state index is -0.753. The number of carbonyl (C=O) groups is 2. The van der Waals surface area contributed by atoms with Gasteiger partial charge in [0.25, 0.3) is 11.8 Å². The molecule has 3 saturated heterocycles. The van der Waals surface area contributed by atoms with Crippen molar-refractivity contribution in [2.45, 2.75) is 51.1 Å². The quantitative estimate of drug-likeness (QED) is 0.348. The lowest BCUT2D eigenvalue weighted by molar-refractivity contribution is 0.0903. The number of benzene rings is 1. The van der Waals surface area contributed by atoms with Crippen LogP contribution in [0.4, 0.5) is 17.3 Å². The van der Waals surface area contributed by atoms with Crippen LogP contribution in [0.2, 0.25) is 0 Å². The Morgan fingerprint density at radius 2 is 1.88 bits per heavy atom. The molecule has 3 aliphatic rings. The zero-order valence-corrected chi connectivity index (χ0v) is 24.9. The second-order valence-electron chi connectivity index (χ2n) is 11.5. The highest BCUT2D eigenvalue weighted by Gasteiger charge is 2.30. The summed E-state index contributed by atoms with van der Waals surface area (Å²) in [4.78, 5) is 39.5. The Morgan fingerprint density at radius 3 is 2.55 bits per heavy atom. The SMILES string of the molecule is CCc1nc(C(N)=O)c(NC(=O)c2ccc(N3CCC(C4CN(C)CCN4)CC3)c(OC)c2)nc1NC1CCOCC1. The molecule has 0 radical (unpaired) electrons. The number of nitrogens with one attached hydrogen (secondary N) is 3. The largest absolute Gasteiger partial charge is 0.495 e. The van der Waals surface area contributed by atoms with Gasteiger partial charge in [-0.1, -0.05) is 6.92 Å². The molecule has 1 atom stereocenters. The number of primary amides is 1. The van der Waals surface area contributed by atoms with E-state index in [1.807, 2.05) is 13.0 Å². The number of nitrogens with zero attached hydrogens (tertiary/aromatic N) is 4. The van der Waals surface area contributed by atoms with Gasteiger partial charge in [-0.05, 0) is 63.3 Å². The number of methoxy groups -OCH3 is 1. The van der Waals surface area contributed by atoms with Gasteiger partial charge in [0.2, 0.25) is 0 Å². The number of rotatable bonds is 9. The molecule has 5 N–H and O–H groups in total. The van der Waals surface area contributed by atoms with Crippen LogP contribution >= 0.6 is 0 Å². The van der Waals surface area contributed by atoms with Crippen molar-refractivity contribution in [3.63, 3.8) is 0 Å². The molecule has 1 unspecified atom stereocenters.